The molecule has 0 fully saturated rings. The third kappa shape index (κ3) is 6.58. The molecule has 21 heavy (non-hydrogen) atoms. The second-order valence-corrected chi connectivity index (χ2v) is 5.23. The highest BCUT2D eigenvalue weighted by molar-refractivity contribution is 5.80. The predicted octanol–water partition coefficient (Wildman–Crippen LogP) is 4.02. The standard InChI is InChI=1S/C18H27NO2/c1-4-6-8-13-17(16-11-9-7-10-12-16)19-18(20)15(3)21-14-5-2/h5,7,9-12,15,17H,2,4,6,8,13-14H2,1,3H3,(H,19,20). The lowest BCUT2D eigenvalue weighted by Gasteiger charge is -2.21. The van der Waals surface area contributed by atoms with Gasteiger partial charge in [-0.3, -0.25) is 4.79 Å². The van der Waals surface area contributed by atoms with Gasteiger partial charge in [-0.25, -0.2) is 0 Å². The number of unbranched alkanes of at least 4 members (excludes halogenated alkanes) is 2. The van der Waals surface area contributed by atoms with E-state index in [2.05, 4.69) is 31.0 Å². The summed E-state index contributed by atoms with van der Waals surface area (Å²) < 4.78 is 5.39. The van der Waals surface area contributed by atoms with E-state index in [0.717, 1.165) is 18.4 Å². The zero-order valence-corrected chi connectivity index (χ0v) is 13.2. The number of carbonyl (C=O) groups is 1. The minimum absolute atomic E-state index is 0.0556. The minimum Gasteiger partial charge on any atom is -0.365 e. The number of carbonyl (C=O) groups excluding carboxylic acids is 1. The van der Waals surface area contributed by atoms with Crippen LogP contribution in [0.5, 0.6) is 0 Å². The van der Waals surface area contributed by atoms with Gasteiger partial charge in [-0.1, -0.05) is 62.6 Å². The first-order valence-corrected chi connectivity index (χ1v) is 7.76. The molecule has 2 unspecified atom stereocenters. The maximum absolute atomic E-state index is 12.2. The van der Waals surface area contributed by atoms with E-state index in [0.29, 0.717) is 6.61 Å². The molecule has 0 bridgehead atoms. The lowest BCUT2D eigenvalue weighted by molar-refractivity contribution is -0.131. The third-order valence-corrected chi connectivity index (χ3v) is 3.45. The summed E-state index contributed by atoms with van der Waals surface area (Å²) in [7, 11) is 0. The number of hydrogen-bond donors (Lipinski definition) is 1. The monoisotopic (exact) mass is 289 g/mol. The van der Waals surface area contributed by atoms with E-state index in [1.54, 1.807) is 13.0 Å². The van der Waals surface area contributed by atoms with Gasteiger partial charge in [0.05, 0.1) is 12.6 Å². The first-order chi connectivity index (χ1) is 10.2. The molecule has 0 radical (unpaired) electrons. The Balaban J connectivity index is 2.64. The summed E-state index contributed by atoms with van der Waals surface area (Å²) in [6.07, 6.45) is 5.62. The van der Waals surface area contributed by atoms with Crippen molar-refractivity contribution in [3.05, 3.63) is 48.6 Å². The lowest BCUT2D eigenvalue weighted by atomic mass is 10.00. The van der Waals surface area contributed by atoms with Crippen LogP contribution < -0.4 is 5.32 Å². The zero-order chi connectivity index (χ0) is 15.5. The van der Waals surface area contributed by atoms with Crippen molar-refractivity contribution in [2.75, 3.05) is 6.61 Å². The quantitative estimate of drug-likeness (QED) is 0.522. The van der Waals surface area contributed by atoms with Crippen LogP contribution >= 0.6 is 0 Å². The Morgan fingerprint density at radius 2 is 2.05 bits per heavy atom. The van der Waals surface area contributed by atoms with E-state index in [4.69, 9.17) is 4.74 Å². The molecule has 0 aliphatic rings. The second-order valence-electron chi connectivity index (χ2n) is 5.23. The van der Waals surface area contributed by atoms with Crippen LogP contribution in [-0.4, -0.2) is 18.6 Å². The number of nitrogens with one attached hydrogen (secondary N) is 1. The van der Waals surface area contributed by atoms with Crippen LogP contribution in [0.2, 0.25) is 0 Å². The van der Waals surface area contributed by atoms with E-state index in [1.165, 1.54) is 12.8 Å². The number of hydrogen-bond acceptors (Lipinski definition) is 2. The zero-order valence-electron chi connectivity index (χ0n) is 13.2. The molecule has 3 heteroatoms. The van der Waals surface area contributed by atoms with Crippen molar-refractivity contribution < 1.29 is 9.53 Å². The smallest absolute Gasteiger partial charge is 0.249 e. The molecule has 1 aromatic carbocycles. The normalized spacial score (nSPS) is 13.4. The molecule has 1 amide bonds. The summed E-state index contributed by atoms with van der Waals surface area (Å²) in [5, 5.41) is 3.10. The van der Waals surface area contributed by atoms with Crippen LogP contribution in [0.3, 0.4) is 0 Å². The predicted molar refractivity (Wildman–Crippen MR) is 87.1 cm³/mol. The van der Waals surface area contributed by atoms with Gasteiger partial charge in [-0.2, -0.15) is 0 Å². The highest BCUT2D eigenvalue weighted by Crippen LogP contribution is 2.20. The largest absolute Gasteiger partial charge is 0.365 e. The molecular formula is C18H27NO2. The first kappa shape index (κ1) is 17.4. The van der Waals surface area contributed by atoms with Gasteiger partial charge < -0.3 is 10.1 Å². The van der Waals surface area contributed by atoms with Crippen LogP contribution in [0, 0.1) is 0 Å². The minimum atomic E-state index is -0.458. The van der Waals surface area contributed by atoms with Crippen LogP contribution in [0.4, 0.5) is 0 Å². The maximum atomic E-state index is 12.2. The van der Waals surface area contributed by atoms with E-state index in [9.17, 15) is 4.79 Å². The van der Waals surface area contributed by atoms with Crippen molar-refractivity contribution in [2.45, 2.75) is 51.7 Å². The lowest BCUT2D eigenvalue weighted by Crippen LogP contribution is -2.37. The summed E-state index contributed by atoms with van der Waals surface area (Å²) >= 11 is 0. The highest BCUT2D eigenvalue weighted by Gasteiger charge is 2.18. The van der Waals surface area contributed by atoms with Gasteiger partial charge in [0.2, 0.25) is 5.91 Å². The SMILES string of the molecule is C=CCOC(C)C(=O)NC(CCCCC)c1ccccc1. The Labute approximate surface area is 128 Å². The molecule has 116 valence electrons. The number of benzene rings is 1. The van der Waals surface area contributed by atoms with Gasteiger partial charge in [0.1, 0.15) is 6.10 Å². The fraction of sp³-hybridized carbons (Fsp3) is 0.500. The van der Waals surface area contributed by atoms with Crippen molar-refractivity contribution in [3.8, 4) is 0 Å². The fourth-order valence-electron chi connectivity index (χ4n) is 2.18. The van der Waals surface area contributed by atoms with Crippen molar-refractivity contribution in [1.29, 1.82) is 0 Å². The second kappa shape index (κ2) is 10.2. The topological polar surface area (TPSA) is 38.3 Å². The van der Waals surface area contributed by atoms with Crippen molar-refractivity contribution in [1.82, 2.24) is 5.32 Å². The first-order valence-electron chi connectivity index (χ1n) is 7.76. The molecule has 1 N–H and O–H groups in total. The van der Waals surface area contributed by atoms with Crippen molar-refractivity contribution >= 4 is 5.91 Å². The number of rotatable bonds is 10. The van der Waals surface area contributed by atoms with E-state index >= 15 is 0 Å². The molecular weight excluding hydrogens is 262 g/mol. The van der Waals surface area contributed by atoms with Gasteiger partial charge >= 0.3 is 0 Å². The Morgan fingerprint density at radius 3 is 2.67 bits per heavy atom. The fourth-order valence-corrected chi connectivity index (χ4v) is 2.18. The van der Waals surface area contributed by atoms with Gasteiger partial charge in [-0.05, 0) is 18.9 Å². The molecule has 0 saturated heterocycles. The Kier molecular flexibility index (Phi) is 8.44. The molecule has 2 atom stereocenters. The maximum Gasteiger partial charge on any atom is 0.249 e. The molecule has 0 spiro atoms. The Morgan fingerprint density at radius 1 is 1.33 bits per heavy atom. The summed E-state index contributed by atoms with van der Waals surface area (Å²) in [5.41, 5.74) is 1.15. The van der Waals surface area contributed by atoms with E-state index in [-0.39, 0.29) is 11.9 Å². The van der Waals surface area contributed by atoms with Crippen molar-refractivity contribution in [2.24, 2.45) is 0 Å². The summed E-state index contributed by atoms with van der Waals surface area (Å²) in [6, 6.07) is 10.2. The molecule has 0 aliphatic carbocycles. The average Bonchev–Trinajstić information content (AvgIpc) is 2.52. The summed E-state index contributed by atoms with van der Waals surface area (Å²) in [4.78, 5) is 12.2. The van der Waals surface area contributed by atoms with Crippen LogP contribution in [-0.2, 0) is 9.53 Å². The Hall–Kier alpha value is -1.61. The number of amides is 1. The summed E-state index contributed by atoms with van der Waals surface area (Å²) in [5.74, 6) is -0.0674. The van der Waals surface area contributed by atoms with E-state index in [1.807, 2.05) is 18.2 Å². The summed E-state index contributed by atoms with van der Waals surface area (Å²) in [6.45, 7) is 7.94. The van der Waals surface area contributed by atoms with Crippen LogP contribution in [0.15, 0.2) is 43.0 Å². The third-order valence-electron chi connectivity index (χ3n) is 3.45. The van der Waals surface area contributed by atoms with Gasteiger partial charge in [0.15, 0.2) is 0 Å². The van der Waals surface area contributed by atoms with Gasteiger partial charge in [0, 0.05) is 0 Å². The Bertz CT molecular complexity index is 416. The van der Waals surface area contributed by atoms with Crippen LogP contribution in [0.1, 0.15) is 51.1 Å². The van der Waals surface area contributed by atoms with Gasteiger partial charge in [0.25, 0.3) is 0 Å². The molecule has 0 saturated carbocycles. The molecule has 0 aromatic heterocycles. The van der Waals surface area contributed by atoms with Crippen molar-refractivity contribution in [3.63, 3.8) is 0 Å². The van der Waals surface area contributed by atoms with Crippen LogP contribution in [0.25, 0.3) is 0 Å². The molecule has 3 nitrogen and oxygen atoms in total. The molecule has 0 heterocycles. The average molecular weight is 289 g/mol. The molecule has 1 rings (SSSR count). The molecule has 0 aliphatic heterocycles. The van der Waals surface area contributed by atoms with Gasteiger partial charge in [-0.15, -0.1) is 6.58 Å². The highest BCUT2D eigenvalue weighted by atomic mass is 16.5. The molecule has 1 aromatic rings. The number of ether oxygens (including phenoxy) is 1. The van der Waals surface area contributed by atoms with E-state index < -0.39 is 6.10 Å².